The average molecular weight is 292 g/mol. The fraction of sp³-hybridized carbons (Fsp3) is 0.647. The summed E-state index contributed by atoms with van der Waals surface area (Å²) in [6.07, 6.45) is 5.02. The Kier molecular flexibility index (Phi) is 5.12. The number of benzene rings is 1. The van der Waals surface area contributed by atoms with Crippen LogP contribution in [0.15, 0.2) is 18.2 Å². The van der Waals surface area contributed by atoms with Crippen LogP contribution in [0, 0.1) is 11.3 Å². The molecular weight excluding hydrogens is 264 g/mol. The van der Waals surface area contributed by atoms with Crippen LogP contribution < -0.4 is 20.7 Å². The predicted molar refractivity (Wildman–Crippen MR) is 85.3 cm³/mol. The summed E-state index contributed by atoms with van der Waals surface area (Å²) in [6, 6.07) is 6.11. The summed E-state index contributed by atoms with van der Waals surface area (Å²) in [5, 5.41) is 0. The lowest BCUT2D eigenvalue weighted by Gasteiger charge is -2.43. The van der Waals surface area contributed by atoms with Gasteiger partial charge >= 0.3 is 0 Å². The molecule has 0 saturated heterocycles. The van der Waals surface area contributed by atoms with E-state index in [2.05, 4.69) is 31.4 Å². The standard InChI is InChI=1S/C17H28N2O2/c1-17(2)8-6-5-7-15(17)16(19-18)12-9-13(20-3)11-14(10-12)21-4/h9-11,15-16,19H,5-8,18H2,1-4H3. The first-order valence-corrected chi connectivity index (χ1v) is 7.71. The molecule has 1 aliphatic rings. The molecule has 118 valence electrons. The minimum absolute atomic E-state index is 0.115. The second kappa shape index (κ2) is 6.67. The van der Waals surface area contributed by atoms with Gasteiger partial charge in [0.1, 0.15) is 11.5 Å². The molecular formula is C17H28N2O2. The van der Waals surface area contributed by atoms with Crippen LogP contribution in [0.3, 0.4) is 0 Å². The molecule has 1 aromatic carbocycles. The van der Waals surface area contributed by atoms with Gasteiger partial charge in [0.2, 0.25) is 0 Å². The topological polar surface area (TPSA) is 56.5 Å². The second-order valence-corrected chi connectivity index (χ2v) is 6.63. The highest BCUT2D eigenvalue weighted by Gasteiger charge is 2.38. The van der Waals surface area contributed by atoms with Crippen molar-refractivity contribution in [3.05, 3.63) is 23.8 Å². The highest BCUT2D eigenvalue weighted by atomic mass is 16.5. The summed E-state index contributed by atoms with van der Waals surface area (Å²) in [7, 11) is 3.35. The largest absolute Gasteiger partial charge is 0.497 e. The number of ether oxygens (including phenoxy) is 2. The minimum Gasteiger partial charge on any atom is -0.497 e. The molecule has 4 nitrogen and oxygen atoms in total. The summed E-state index contributed by atoms with van der Waals surface area (Å²) < 4.78 is 10.8. The third kappa shape index (κ3) is 3.50. The van der Waals surface area contributed by atoms with Crippen LogP contribution in [0.2, 0.25) is 0 Å². The molecule has 21 heavy (non-hydrogen) atoms. The van der Waals surface area contributed by atoms with Crippen LogP contribution >= 0.6 is 0 Å². The maximum atomic E-state index is 5.91. The van der Waals surface area contributed by atoms with Crippen molar-refractivity contribution in [2.45, 2.75) is 45.6 Å². The molecule has 0 aliphatic heterocycles. The van der Waals surface area contributed by atoms with Crippen LogP contribution in [-0.4, -0.2) is 14.2 Å². The van der Waals surface area contributed by atoms with E-state index in [9.17, 15) is 0 Å². The van der Waals surface area contributed by atoms with Crippen LogP contribution in [0.5, 0.6) is 11.5 Å². The molecule has 4 heteroatoms. The van der Waals surface area contributed by atoms with Crippen molar-refractivity contribution in [2.75, 3.05) is 14.2 Å². The monoisotopic (exact) mass is 292 g/mol. The number of nitrogens with one attached hydrogen (secondary N) is 1. The number of methoxy groups -OCH3 is 2. The predicted octanol–water partition coefficient (Wildman–Crippen LogP) is 3.42. The third-order valence-electron chi connectivity index (χ3n) is 4.90. The summed E-state index contributed by atoms with van der Waals surface area (Å²) in [6.45, 7) is 4.69. The fourth-order valence-corrected chi connectivity index (χ4v) is 3.59. The molecule has 2 atom stereocenters. The van der Waals surface area contributed by atoms with Gasteiger partial charge in [-0.05, 0) is 41.9 Å². The van der Waals surface area contributed by atoms with Crippen molar-refractivity contribution in [2.24, 2.45) is 17.2 Å². The number of rotatable bonds is 5. The molecule has 2 rings (SSSR count). The fourth-order valence-electron chi connectivity index (χ4n) is 3.59. The molecule has 0 bridgehead atoms. The molecule has 1 aromatic rings. The van der Waals surface area contributed by atoms with Gasteiger partial charge in [-0.3, -0.25) is 11.3 Å². The van der Waals surface area contributed by atoms with Gasteiger partial charge in [0.05, 0.1) is 14.2 Å². The van der Waals surface area contributed by atoms with E-state index >= 15 is 0 Å². The normalized spacial score (nSPS) is 22.6. The van der Waals surface area contributed by atoms with Crippen LogP contribution in [0.4, 0.5) is 0 Å². The van der Waals surface area contributed by atoms with Gasteiger partial charge in [-0.25, -0.2) is 0 Å². The second-order valence-electron chi connectivity index (χ2n) is 6.63. The van der Waals surface area contributed by atoms with Gasteiger partial charge in [0.25, 0.3) is 0 Å². The highest BCUT2D eigenvalue weighted by molar-refractivity contribution is 5.40. The van der Waals surface area contributed by atoms with Gasteiger partial charge in [0.15, 0.2) is 0 Å². The van der Waals surface area contributed by atoms with Crippen molar-refractivity contribution >= 4 is 0 Å². The maximum absolute atomic E-state index is 5.91. The zero-order chi connectivity index (χ0) is 15.5. The van der Waals surface area contributed by atoms with Gasteiger partial charge in [-0.1, -0.05) is 26.7 Å². The Labute approximate surface area is 128 Å². The van der Waals surface area contributed by atoms with Crippen molar-refractivity contribution in [3.8, 4) is 11.5 Å². The van der Waals surface area contributed by atoms with Crippen molar-refractivity contribution < 1.29 is 9.47 Å². The average Bonchev–Trinajstić information content (AvgIpc) is 2.49. The van der Waals surface area contributed by atoms with Gasteiger partial charge in [0, 0.05) is 12.1 Å². The van der Waals surface area contributed by atoms with E-state index in [0.29, 0.717) is 5.92 Å². The first kappa shape index (κ1) is 16.1. The molecule has 0 aromatic heterocycles. The first-order valence-electron chi connectivity index (χ1n) is 7.71. The van der Waals surface area contributed by atoms with Gasteiger partial charge in [-0.15, -0.1) is 0 Å². The first-order chi connectivity index (χ1) is 10.0. The lowest BCUT2D eigenvalue weighted by atomic mass is 9.65. The Morgan fingerprint density at radius 3 is 2.24 bits per heavy atom. The smallest absolute Gasteiger partial charge is 0.122 e. The number of nitrogens with two attached hydrogens (primary N) is 1. The Balaban J connectivity index is 2.36. The van der Waals surface area contributed by atoms with Crippen molar-refractivity contribution in [3.63, 3.8) is 0 Å². The van der Waals surface area contributed by atoms with E-state index in [1.165, 1.54) is 25.7 Å². The SMILES string of the molecule is COc1cc(OC)cc(C(NN)C2CCCCC2(C)C)c1. The molecule has 1 aliphatic carbocycles. The van der Waals surface area contributed by atoms with Crippen LogP contribution in [-0.2, 0) is 0 Å². The van der Waals surface area contributed by atoms with Crippen molar-refractivity contribution in [1.82, 2.24) is 5.43 Å². The molecule has 0 heterocycles. The Hall–Kier alpha value is -1.26. The van der Waals surface area contributed by atoms with E-state index in [0.717, 1.165) is 17.1 Å². The molecule has 0 spiro atoms. The zero-order valence-electron chi connectivity index (χ0n) is 13.6. The zero-order valence-corrected chi connectivity index (χ0v) is 13.6. The maximum Gasteiger partial charge on any atom is 0.122 e. The molecule has 0 radical (unpaired) electrons. The molecule has 1 fully saturated rings. The van der Waals surface area contributed by atoms with E-state index < -0.39 is 0 Å². The quantitative estimate of drug-likeness (QED) is 0.645. The summed E-state index contributed by atoms with van der Waals surface area (Å²) >= 11 is 0. The molecule has 3 N–H and O–H groups in total. The number of hydrogen-bond acceptors (Lipinski definition) is 4. The Bertz CT molecular complexity index is 452. The van der Waals surface area contributed by atoms with E-state index in [1.807, 2.05) is 6.07 Å². The molecule has 2 unspecified atom stereocenters. The van der Waals surface area contributed by atoms with Crippen LogP contribution in [0.25, 0.3) is 0 Å². The van der Waals surface area contributed by atoms with E-state index in [1.54, 1.807) is 14.2 Å². The van der Waals surface area contributed by atoms with Gasteiger partial charge < -0.3 is 9.47 Å². The minimum atomic E-state index is 0.115. The van der Waals surface area contributed by atoms with Crippen LogP contribution in [0.1, 0.15) is 51.1 Å². The lowest BCUT2D eigenvalue weighted by molar-refractivity contribution is 0.0980. The molecule has 0 amide bonds. The van der Waals surface area contributed by atoms with Gasteiger partial charge in [-0.2, -0.15) is 0 Å². The van der Waals surface area contributed by atoms with E-state index in [4.69, 9.17) is 15.3 Å². The Morgan fingerprint density at radius 2 is 1.76 bits per heavy atom. The third-order valence-corrected chi connectivity index (χ3v) is 4.90. The summed E-state index contributed by atoms with van der Waals surface area (Å²) in [5.41, 5.74) is 4.45. The molecule has 1 saturated carbocycles. The lowest BCUT2D eigenvalue weighted by Crippen LogP contribution is -2.41. The summed E-state index contributed by atoms with van der Waals surface area (Å²) in [5.74, 6) is 8.02. The van der Waals surface area contributed by atoms with E-state index in [-0.39, 0.29) is 11.5 Å². The van der Waals surface area contributed by atoms with Crippen molar-refractivity contribution in [1.29, 1.82) is 0 Å². The highest BCUT2D eigenvalue weighted by Crippen LogP contribution is 2.47. The Morgan fingerprint density at radius 1 is 1.14 bits per heavy atom. The number of hydrazine groups is 1. The summed E-state index contributed by atoms with van der Waals surface area (Å²) in [4.78, 5) is 0. The number of hydrogen-bond donors (Lipinski definition) is 2.